The van der Waals surface area contributed by atoms with Gasteiger partial charge in [-0.1, -0.05) is 65.6 Å². The summed E-state index contributed by atoms with van der Waals surface area (Å²) in [6.45, 7) is 2.32. The molecule has 0 radical (unpaired) electrons. The van der Waals surface area contributed by atoms with Gasteiger partial charge in [0.2, 0.25) is 0 Å². The fourth-order valence-electron chi connectivity index (χ4n) is 4.15. The Balaban J connectivity index is 1.37. The van der Waals surface area contributed by atoms with Crippen LogP contribution < -0.4 is 4.74 Å². The molecule has 0 fully saturated rings. The minimum absolute atomic E-state index is 0.164. The zero-order valence-corrected chi connectivity index (χ0v) is 21.4. The van der Waals surface area contributed by atoms with Crippen LogP contribution >= 0.6 is 23.2 Å². The van der Waals surface area contributed by atoms with Crippen LogP contribution in [0.2, 0.25) is 10.0 Å². The van der Waals surface area contributed by atoms with Crippen LogP contribution in [0.5, 0.6) is 5.75 Å². The van der Waals surface area contributed by atoms with Gasteiger partial charge in [0.05, 0.1) is 26.7 Å². The summed E-state index contributed by atoms with van der Waals surface area (Å²) in [5.41, 5.74) is 4.88. The molecule has 5 rings (SSSR count). The molecular weight excluding hydrogens is 511 g/mol. The molecule has 0 unspecified atom stereocenters. The van der Waals surface area contributed by atoms with Crippen molar-refractivity contribution in [2.75, 3.05) is 0 Å². The van der Waals surface area contributed by atoms with Gasteiger partial charge in [-0.3, -0.25) is 4.98 Å². The van der Waals surface area contributed by atoms with E-state index >= 15 is 0 Å². The van der Waals surface area contributed by atoms with Gasteiger partial charge in [0.25, 0.3) is 0 Å². The second kappa shape index (κ2) is 10.6. The molecule has 0 saturated carbocycles. The molecule has 5 aromatic rings. The van der Waals surface area contributed by atoms with E-state index in [1.165, 1.54) is 6.20 Å². The van der Waals surface area contributed by atoms with Gasteiger partial charge in [0, 0.05) is 23.6 Å². The van der Waals surface area contributed by atoms with E-state index < -0.39 is 5.97 Å². The molecule has 0 bridgehead atoms. The van der Waals surface area contributed by atoms with Gasteiger partial charge in [-0.05, 0) is 53.9 Å². The van der Waals surface area contributed by atoms with Crippen molar-refractivity contribution in [3.05, 3.63) is 99.9 Å². The molecule has 0 saturated heterocycles. The lowest BCUT2D eigenvalue weighted by molar-refractivity contribution is 0.0696. The number of hydrogen-bond donors (Lipinski definition) is 1. The maximum absolute atomic E-state index is 11.2. The van der Waals surface area contributed by atoms with Crippen LogP contribution in [-0.2, 0) is 13.0 Å². The number of ether oxygens (including phenoxy) is 1. The molecule has 37 heavy (non-hydrogen) atoms. The largest absolute Gasteiger partial charge is 0.489 e. The third kappa shape index (κ3) is 5.17. The molecule has 6 nitrogen and oxygen atoms in total. The summed E-state index contributed by atoms with van der Waals surface area (Å²) in [4.78, 5) is 15.5. The Labute approximate surface area is 223 Å². The second-order valence-corrected chi connectivity index (χ2v) is 9.34. The smallest absolute Gasteiger partial charge is 0.337 e. The lowest BCUT2D eigenvalue weighted by Crippen LogP contribution is -2.00. The highest BCUT2D eigenvalue weighted by Gasteiger charge is 2.22. The Morgan fingerprint density at radius 1 is 1.00 bits per heavy atom. The fraction of sp³-hybridized carbons (Fsp3) is 0.138. The topological polar surface area (TPSA) is 85.5 Å². The molecule has 0 aliphatic rings. The third-order valence-corrected chi connectivity index (χ3v) is 6.68. The van der Waals surface area contributed by atoms with Crippen molar-refractivity contribution < 1.29 is 19.2 Å². The van der Waals surface area contributed by atoms with Crippen LogP contribution in [0.1, 0.15) is 35.0 Å². The summed E-state index contributed by atoms with van der Waals surface area (Å²) in [5, 5.41) is 15.2. The van der Waals surface area contributed by atoms with Crippen LogP contribution in [0.4, 0.5) is 0 Å². The average Bonchev–Trinajstić information content (AvgIpc) is 3.29. The number of aromatic carboxylic acids is 1. The van der Waals surface area contributed by atoms with Gasteiger partial charge in [-0.15, -0.1) is 0 Å². The minimum atomic E-state index is -0.996. The number of benzene rings is 3. The number of carbonyl (C=O) groups is 1. The average molecular weight is 533 g/mol. The number of halogens is 2. The number of carboxylic acids is 1. The van der Waals surface area contributed by atoms with Gasteiger partial charge in [0.15, 0.2) is 0 Å². The van der Waals surface area contributed by atoms with Crippen LogP contribution in [0.25, 0.3) is 33.3 Å². The standard InChI is InChI=1S/C29H22Cl2N2O4/c1-2-4-26-22(28(33-37-26)27-23(30)5-3-6-24(27)31)16-36-21-11-9-17(10-12-21)18-7-8-19-13-20(29(34)35)15-32-25(19)14-18/h3,5-15H,2,4,16H2,1H3,(H,34,35). The van der Waals surface area contributed by atoms with Crippen molar-refractivity contribution in [2.24, 2.45) is 0 Å². The van der Waals surface area contributed by atoms with Gasteiger partial charge in [-0.2, -0.15) is 0 Å². The third-order valence-electron chi connectivity index (χ3n) is 6.05. The molecule has 0 amide bonds. The highest BCUT2D eigenvalue weighted by molar-refractivity contribution is 6.39. The van der Waals surface area contributed by atoms with Crippen LogP contribution in [0, 0.1) is 0 Å². The summed E-state index contributed by atoms with van der Waals surface area (Å²) < 4.78 is 11.8. The maximum atomic E-state index is 11.2. The van der Waals surface area contributed by atoms with Crippen molar-refractivity contribution in [3.8, 4) is 28.1 Å². The van der Waals surface area contributed by atoms with Crippen molar-refractivity contribution in [2.45, 2.75) is 26.4 Å². The van der Waals surface area contributed by atoms with E-state index in [4.69, 9.17) is 32.5 Å². The first-order chi connectivity index (χ1) is 17.9. The molecule has 2 aromatic heterocycles. The molecular formula is C29H22Cl2N2O4. The van der Waals surface area contributed by atoms with Gasteiger partial charge >= 0.3 is 5.97 Å². The number of carboxylic acid groups (broad SMARTS) is 1. The first kappa shape index (κ1) is 24.8. The van der Waals surface area contributed by atoms with E-state index in [0.29, 0.717) is 27.1 Å². The van der Waals surface area contributed by atoms with Gasteiger partial charge < -0.3 is 14.4 Å². The van der Waals surface area contributed by atoms with Crippen LogP contribution in [0.3, 0.4) is 0 Å². The number of aromatic nitrogens is 2. The normalized spacial score (nSPS) is 11.1. The molecule has 2 heterocycles. The van der Waals surface area contributed by atoms with Crippen LogP contribution in [-0.4, -0.2) is 21.2 Å². The SMILES string of the molecule is CCCc1onc(-c2c(Cl)cccc2Cl)c1COc1ccc(-c2ccc3cc(C(=O)O)cnc3c2)cc1. The Kier molecular flexibility index (Phi) is 7.12. The quantitative estimate of drug-likeness (QED) is 0.217. The molecule has 186 valence electrons. The van der Waals surface area contributed by atoms with Gasteiger partial charge in [0.1, 0.15) is 23.8 Å². The highest BCUT2D eigenvalue weighted by Crippen LogP contribution is 2.37. The van der Waals surface area contributed by atoms with E-state index in [-0.39, 0.29) is 12.2 Å². The molecule has 3 aromatic carbocycles. The lowest BCUT2D eigenvalue weighted by Gasteiger charge is -2.10. The summed E-state index contributed by atoms with van der Waals surface area (Å²) in [7, 11) is 0. The van der Waals surface area contributed by atoms with E-state index in [1.54, 1.807) is 24.3 Å². The van der Waals surface area contributed by atoms with E-state index in [0.717, 1.165) is 46.2 Å². The zero-order valence-electron chi connectivity index (χ0n) is 19.9. The van der Waals surface area contributed by atoms with Crippen molar-refractivity contribution >= 4 is 40.1 Å². The second-order valence-electron chi connectivity index (χ2n) is 8.53. The minimum Gasteiger partial charge on any atom is -0.489 e. The number of nitrogens with zero attached hydrogens (tertiary/aromatic N) is 2. The van der Waals surface area contributed by atoms with Crippen molar-refractivity contribution in [3.63, 3.8) is 0 Å². The molecule has 0 spiro atoms. The number of aryl methyl sites for hydroxylation is 1. The number of hydrogen-bond acceptors (Lipinski definition) is 5. The molecule has 0 atom stereocenters. The number of pyridine rings is 1. The monoisotopic (exact) mass is 532 g/mol. The zero-order chi connectivity index (χ0) is 25.9. The van der Waals surface area contributed by atoms with E-state index in [9.17, 15) is 9.90 Å². The first-order valence-electron chi connectivity index (χ1n) is 11.7. The van der Waals surface area contributed by atoms with Crippen molar-refractivity contribution in [1.82, 2.24) is 10.1 Å². The Bertz CT molecular complexity index is 1580. The molecule has 1 N–H and O–H groups in total. The van der Waals surface area contributed by atoms with Crippen molar-refractivity contribution in [1.29, 1.82) is 0 Å². The van der Waals surface area contributed by atoms with Gasteiger partial charge in [-0.25, -0.2) is 4.79 Å². The lowest BCUT2D eigenvalue weighted by atomic mass is 10.0. The summed E-state index contributed by atoms with van der Waals surface area (Å²) >= 11 is 12.9. The Morgan fingerprint density at radius 2 is 1.73 bits per heavy atom. The number of fused-ring (bicyclic) bond motifs is 1. The molecule has 8 heteroatoms. The highest BCUT2D eigenvalue weighted by atomic mass is 35.5. The molecule has 0 aliphatic carbocycles. The predicted molar refractivity (Wildman–Crippen MR) is 144 cm³/mol. The summed E-state index contributed by atoms with van der Waals surface area (Å²) in [6, 6.07) is 20.4. The Morgan fingerprint density at radius 3 is 2.43 bits per heavy atom. The summed E-state index contributed by atoms with van der Waals surface area (Å²) in [6.07, 6.45) is 2.98. The van der Waals surface area contributed by atoms with E-state index in [1.807, 2.05) is 42.5 Å². The number of rotatable bonds is 8. The van der Waals surface area contributed by atoms with Crippen LogP contribution in [0.15, 0.2) is 77.4 Å². The predicted octanol–water partition coefficient (Wildman–Crippen LogP) is 8.09. The van der Waals surface area contributed by atoms with E-state index in [2.05, 4.69) is 17.1 Å². The Hall–Kier alpha value is -3.87. The maximum Gasteiger partial charge on any atom is 0.337 e. The summed E-state index contributed by atoms with van der Waals surface area (Å²) in [5.74, 6) is 0.442. The first-order valence-corrected chi connectivity index (χ1v) is 12.5. The molecule has 0 aliphatic heterocycles. The fourth-order valence-corrected chi connectivity index (χ4v) is 4.73.